The minimum absolute atomic E-state index is 0.0197. The molecular weight excluding hydrogens is 346 g/mol. The largest absolute Gasteiger partial charge is 0.361 e. The summed E-state index contributed by atoms with van der Waals surface area (Å²) in [5.41, 5.74) is 10.9. The van der Waals surface area contributed by atoms with Crippen LogP contribution < -0.4 is 5.73 Å². The predicted molar refractivity (Wildman–Crippen MR) is 111 cm³/mol. The van der Waals surface area contributed by atoms with Crippen molar-refractivity contribution in [3.05, 3.63) is 70.9 Å². The van der Waals surface area contributed by atoms with Gasteiger partial charge in [0.2, 0.25) is 0 Å². The number of rotatable bonds is 5. The molecule has 4 nitrogen and oxygen atoms in total. The highest BCUT2D eigenvalue weighted by molar-refractivity contribution is 5.93. The van der Waals surface area contributed by atoms with Gasteiger partial charge in [0.25, 0.3) is 0 Å². The summed E-state index contributed by atoms with van der Waals surface area (Å²) in [7, 11) is 0. The quantitative estimate of drug-likeness (QED) is 0.669. The van der Waals surface area contributed by atoms with Gasteiger partial charge < -0.3 is 10.7 Å². The number of aromatic amines is 1. The van der Waals surface area contributed by atoms with Crippen molar-refractivity contribution in [1.29, 1.82) is 5.26 Å². The maximum atomic E-state index is 12.8. The summed E-state index contributed by atoms with van der Waals surface area (Å²) in [6.45, 7) is 0. The number of Topliss-reactive ketones (excluding diaryl/α,β-unsaturated/α-hetero) is 1. The van der Waals surface area contributed by atoms with Gasteiger partial charge in [-0.05, 0) is 53.6 Å². The van der Waals surface area contributed by atoms with E-state index in [9.17, 15) is 4.79 Å². The fraction of sp³-hybridized carbons (Fsp3) is 0.333. The molecule has 0 radical (unpaired) electrons. The Morgan fingerprint density at radius 2 is 1.89 bits per heavy atom. The number of carbonyl (C=O) groups is 1. The van der Waals surface area contributed by atoms with Gasteiger partial charge >= 0.3 is 0 Å². The predicted octanol–water partition coefficient (Wildman–Crippen LogP) is 4.90. The molecule has 1 heterocycles. The first-order valence-corrected chi connectivity index (χ1v) is 10.0. The first kappa shape index (κ1) is 18.5. The summed E-state index contributed by atoms with van der Waals surface area (Å²) in [6.07, 6.45) is 8.57. The Labute approximate surface area is 165 Å². The third kappa shape index (κ3) is 3.72. The molecule has 1 aliphatic rings. The molecule has 28 heavy (non-hydrogen) atoms. The second kappa shape index (κ2) is 8.00. The number of H-pyrrole nitrogens is 1. The van der Waals surface area contributed by atoms with E-state index in [0.717, 1.165) is 22.0 Å². The average Bonchev–Trinajstić information content (AvgIpc) is 3.15. The molecule has 1 atom stereocenters. The molecule has 0 amide bonds. The van der Waals surface area contributed by atoms with Crippen molar-refractivity contribution in [2.75, 3.05) is 0 Å². The van der Waals surface area contributed by atoms with Crippen LogP contribution in [0.1, 0.15) is 66.3 Å². The number of aromatic nitrogens is 1. The highest BCUT2D eigenvalue weighted by atomic mass is 16.1. The number of nitrogens with two attached hydrogens (primary N) is 1. The average molecular weight is 371 g/mol. The smallest absolute Gasteiger partial charge is 0.158 e. The summed E-state index contributed by atoms with van der Waals surface area (Å²) in [6, 6.07) is 15.3. The van der Waals surface area contributed by atoms with E-state index < -0.39 is 6.04 Å². The van der Waals surface area contributed by atoms with Gasteiger partial charge in [-0.1, -0.05) is 43.5 Å². The summed E-state index contributed by atoms with van der Waals surface area (Å²) < 4.78 is 0. The lowest BCUT2D eigenvalue weighted by molar-refractivity contribution is -0.119. The molecule has 0 aliphatic heterocycles. The van der Waals surface area contributed by atoms with E-state index in [1.807, 2.05) is 30.5 Å². The normalized spacial score (nSPS) is 16.0. The van der Waals surface area contributed by atoms with Crippen LogP contribution in [0.25, 0.3) is 10.9 Å². The van der Waals surface area contributed by atoms with Crippen LogP contribution in [0.4, 0.5) is 0 Å². The van der Waals surface area contributed by atoms with Crippen LogP contribution in [0.2, 0.25) is 0 Å². The van der Waals surface area contributed by atoms with Gasteiger partial charge in [0.15, 0.2) is 5.78 Å². The number of hydrogen-bond acceptors (Lipinski definition) is 3. The monoisotopic (exact) mass is 371 g/mol. The van der Waals surface area contributed by atoms with Crippen molar-refractivity contribution in [2.24, 2.45) is 5.73 Å². The lowest BCUT2D eigenvalue weighted by Gasteiger charge is -2.22. The molecule has 4 rings (SSSR count). The SMILES string of the molecule is N#Cc1ccc2[nH]cc(CC(=O)C(N)c3ccc(C4CCCCC4)cc3)c2c1. The Hall–Kier alpha value is -2.90. The molecule has 0 saturated heterocycles. The standard InChI is InChI=1S/C24H25N3O/c25-14-16-6-11-22-21(12-16)20(15-27-22)13-23(28)24(26)19-9-7-18(8-10-19)17-4-2-1-3-5-17/h6-12,15,17,24,27H,1-5,13,26H2. The van der Waals surface area contributed by atoms with Gasteiger partial charge in [-0.2, -0.15) is 5.26 Å². The third-order valence-corrected chi connectivity index (χ3v) is 5.98. The van der Waals surface area contributed by atoms with E-state index in [1.54, 1.807) is 6.07 Å². The number of fused-ring (bicyclic) bond motifs is 1. The highest BCUT2D eigenvalue weighted by Gasteiger charge is 2.20. The summed E-state index contributed by atoms with van der Waals surface area (Å²) in [5.74, 6) is 0.629. The first-order valence-electron chi connectivity index (χ1n) is 10.0. The van der Waals surface area contributed by atoms with Gasteiger partial charge in [0, 0.05) is 23.5 Å². The highest BCUT2D eigenvalue weighted by Crippen LogP contribution is 2.33. The lowest BCUT2D eigenvalue weighted by atomic mass is 9.83. The van der Waals surface area contributed by atoms with Crippen LogP contribution >= 0.6 is 0 Å². The van der Waals surface area contributed by atoms with Gasteiger partial charge in [-0.15, -0.1) is 0 Å². The summed E-state index contributed by atoms with van der Waals surface area (Å²) in [4.78, 5) is 16.0. The van der Waals surface area contributed by atoms with Crippen molar-refractivity contribution >= 4 is 16.7 Å². The molecule has 0 spiro atoms. The van der Waals surface area contributed by atoms with Crippen LogP contribution in [0, 0.1) is 11.3 Å². The molecule has 2 aromatic carbocycles. The maximum absolute atomic E-state index is 12.8. The zero-order valence-electron chi connectivity index (χ0n) is 15.9. The Morgan fingerprint density at radius 3 is 2.61 bits per heavy atom. The minimum atomic E-state index is -0.635. The second-order valence-corrected chi connectivity index (χ2v) is 7.81. The van der Waals surface area contributed by atoms with Crippen molar-refractivity contribution in [2.45, 2.75) is 50.5 Å². The maximum Gasteiger partial charge on any atom is 0.158 e. The summed E-state index contributed by atoms with van der Waals surface area (Å²) >= 11 is 0. The number of benzene rings is 2. The van der Waals surface area contributed by atoms with Crippen molar-refractivity contribution in [1.82, 2.24) is 4.98 Å². The molecule has 3 N–H and O–H groups in total. The van der Waals surface area contributed by atoms with Gasteiger partial charge in [-0.25, -0.2) is 0 Å². The number of ketones is 1. The molecule has 4 heteroatoms. The minimum Gasteiger partial charge on any atom is -0.361 e. The number of nitrogens with one attached hydrogen (secondary N) is 1. The van der Waals surface area contributed by atoms with Gasteiger partial charge in [-0.3, -0.25) is 4.79 Å². The topological polar surface area (TPSA) is 82.7 Å². The molecule has 3 aromatic rings. The first-order chi connectivity index (χ1) is 13.7. The third-order valence-electron chi connectivity index (χ3n) is 5.98. The second-order valence-electron chi connectivity index (χ2n) is 7.81. The van der Waals surface area contributed by atoms with E-state index in [1.165, 1.54) is 37.7 Å². The lowest BCUT2D eigenvalue weighted by Crippen LogP contribution is -2.23. The number of nitrogens with zero attached hydrogens (tertiary/aromatic N) is 1. The van der Waals surface area contributed by atoms with E-state index in [-0.39, 0.29) is 12.2 Å². The molecular formula is C24H25N3O. The Bertz CT molecular complexity index is 1020. The van der Waals surface area contributed by atoms with Gasteiger partial charge in [0.05, 0.1) is 17.7 Å². The molecule has 1 unspecified atom stereocenters. The fourth-order valence-electron chi connectivity index (χ4n) is 4.29. The summed E-state index contributed by atoms with van der Waals surface area (Å²) in [5, 5.41) is 10.0. The van der Waals surface area contributed by atoms with E-state index in [2.05, 4.69) is 23.2 Å². The van der Waals surface area contributed by atoms with Crippen LogP contribution in [0.5, 0.6) is 0 Å². The zero-order chi connectivity index (χ0) is 19.5. The van der Waals surface area contributed by atoms with E-state index in [4.69, 9.17) is 11.0 Å². The van der Waals surface area contributed by atoms with E-state index in [0.29, 0.717) is 11.5 Å². The Balaban J connectivity index is 1.48. The molecule has 1 aliphatic carbocycles. The molecule has 0 bridgehead atoms. The van der Waals surface area contributed by atoms with E-state index >= 15 is 0 Å². The zero-order valence-corrected chi connectivity index (χ0v) is 15.9. The Kier molecular flexibility index (Phi) is 5.27. The number of carbonyl (C=O) groups excluding carboxylic acids is 1. The van der Waals surface area contributed by atoms with Crippen molar-refractivity contribution in [3.8, 4) is 6.07 Å². The molecule has 1 saturated carbocycles. The molecule has 1 fully saturated rings. The number of hydrogen-bond donors (Lipinski definition) is 2. The number of nitriles is 1. The Morgan fingerprint density at radius 1 is 1.14 bits per heavy atom. The molecule has 1 aromatic heterocycles. The van der Waals surface area contributed by atoms with Crippen LogP contribution in [0.15, 0.2) is 48.7 Å². The van der Waals surface area contributed by atoms with Crippen LogP contribution in [0.3, 0.4) is 0 Å². The van der Waals surface area contributed by atoms with Crippen molar-refractivity contribution in [3.63, 3.8) is 0 Å². The van der Waals surface area contributed by atoms with Crippen molar-refractivity contribution < 1.29 is 4.79 Å². The fourth-order valence-corrected chi connectivity index (χ4v) is 4.29. The molecule has 142 valence electrons. The van der Waals surface area contributed by atoms with Crippen LogP contribution in [-0.4, -0.2) is 10.8 Å². The van der Waals surface area contributed by atoms with Gasteiger partial charge in [0.1, 0.15) is 0 Å². The van der Waals surface area contributed by atoms with Crippen LogP contribution in [-0.2, 0) is 11.2 Å².